The molecule has 2 heterocycles. The SMILES string of the molecule is CCOc1ccccc1NC(=O)C(C#N)=Cc1csc(-c2cccs2)n1. The number of rotatable bonds is 6. The van der Waals surface area contributed by atoms with Crippen molar-refractivity contribution >= 4 is 40.3 Å². The first-order valence-electron chi connectivity index (χ1n) is 7.85. The highest BCUT2D eigenvalue weighted by Gasteiger charge is 2.13. The van der Waals surface area contributed by atoms with Crippen LogP contribution in [0.5, 0.6) is 5.75 Å². The van der Waals surface area contributed by atoms with Gasteiger partial charge in [0.2, 0.25) is 0 Å². The molecule has 0 saturated carbocycles. The van der Waals surface area contributed by atoms with Crippen molar-refractivity contribution in [3.8, 4) is 21.7 Å². The molecule has 26 heavy (non-hydrogen) atoms. The number of ether oxygens (including phenoxy) is 1. The first-order chi connectivity index (χ1) is 12.7. The number of para-hydroxylation sites is 2. The van der Waals surface area contributed by atoms with Crippen molar-refractivity contribution in [1.82, 2.24) is 4.98 Å². The monoisotopic (exact) mass is 381 g/mol. The van der Waals surface area contributed by atoms with Gasteiger partial charge in [-0.2, -0.15) is 5.26 Å². The molecule has 3 aromatic rings. The zero-order valence-corrected chi connectivity index (χ0v) is 15.6. The molecule has 130 valence electrons. The molecule has 0 atom stereocenters. The van der Waals surface area contributed by atoms with E-state index in [4.69, 9.17) is 4.74 Å². The summed E-state index contributed by atoms with van der Waals surface area (Å²) in [5.74, 6) is 0.0691. The molecule has 0 unspecified atom stereocenters. The fourth-order valence-corrected chi connectivity index (χ4v) is 3.79. The number of aromatic nitrogens is 1. The minimum atomic E-state index is -0.495. The Morgan fingerprint density at radius 2 is 2.15 bits per heavy atom. The Hall–Kier alpha value is -2.95. The van der Waals surface area contributed by atoms with Crippen LogP contribution in [0.3, 0.4) is 0 Å². The fourth-order valence-electron chi connectivity index (χ4n) is 2.20. The quantitative estimate of drug-likeness (QED) is 0.491. The van der Waals surface area contributed by atoms with E-state index < -0.39 is 5.91 Å². The molecule has 0 spiro atoms. The molecule has 0 fully saturated rings. The predicted molar refractivity (Wildman–Crippen MR) is 105 cm³/mol. The maximum atomic E-state index is 12.5. The number of amides is 1. The van der Waals surface area contributed by atoms with Crippen LogP contribution in [0.25, 0.3) is 16.0 Å². The number of anilines is 1. The average Bonchev–Trinajstić information content (AvgIpc) is 3.33. The lowest BCUT2D eigenvalue weighted by atomic mass is 10.2. The number of hydrogen-bond donors (Lipinski definition) is 1. The topological polar surface area (TPSA) is 75.0 Å². The minimum absolute atomic E-state index is 0.0145. The highest BCUT2D eigenvalue weighted by molar-refractivity contribution is 7.20. The number of thiophene rings is 1. The van der Waals surface area contributed by atoms with E-state index in [1.54, 1.807) is 29.5 Å². The lowest BCUT2D eigenvalue weighted by Gasteiger charge is -2.10. The van der Waals surface area contributed by atoms with Gasteiger partial charge in [0.25, 0.3) is 5.91 Å². The van der Waals surface area contributed by atoms with Gasteiger partial charge in [-0.15, -0.1) is 22.7 Å². The number of thiazole rings is 1. The lowest BCUT2D eigenvalue weighted by molar-refractivity contribution is -0.112. The number of benzene rings is 1. The van der Waals surface area contributed by atoms with Crippen LogP contribution in [0.15, 0.2) is 52.7 Å². The summed E-state index contributed by atoms with van der Waals surface area (Å²) in [6.45, 7) is 2.35. The van der Waals surface area contributed by atoms with E-state index in [1.807, 2.05) is 42.0 Å². The Labute approximate surface area is 159 Å². The largest absolute Gasteiger partial charge is 0.492 e. The zero-order valence-electron chi connectivity index (χ0n) is 13.9. The molecular formula is C19H15N3O2S2. The van der Waals surface area contributed by atoms with Crippen LogP contribution in [0.1, 0.15) is 12.6 Å². The van der Waals surface area contributed by atoms with Gasteiger partial charge in [-0.3, -0.25) is 4.79 Å². The minimum Gasteiger partial charge on any atom is -0.492 e. The smallest absolute Gasteiger partial charge is 0.266 e. The van der Waals surface area contributed by atoms with Crippen LogP contribution in [-0.4, -0.2) is 17.5 Å². The van der Waals surface area contributed by atoms with Crippen molar-refractivity contribution in [2.24, 2.45) is 0 Å². The van der Waals surface area contributed by atoms with Gasteiger partial charge in [0.15, 0.2) is 0 Å². The van der Waals surface area contributed by atoms with E-state index in [1.165, 1.54) is 17.4 Å². The Kier molecular flexibility index (Phi) is 5.79. The molecule has 5 nitrogen and oxygen atoms in total. The number of carbonyl (C=O) groups excluding carboxylic acids is 1. The Bertz CT molecular complexity index is 969. The lowest BCUT2D eigenvalue weighted by Crippen LogP contribution is -2.14. The predicted octanol–water partition coefficient (Wildman–Crippen LogP) is 4.82. The summed E-state index contributed by atoms with van der Waals surface area (Å²) in [5.41, 5.74) is 1.10. The Morgan fingerprint density at radius 1 is 1.31 bits per heavy atom. The van der Waals surface area contributed by atoms with Gasteiger partial charge in [-0.25, -0.2) is 4.98 Å². The molecule has 0 aliphatic heterocycles. The van der Waals surface area contributed by atoms with Crippen molar-refractivity contribution in [3.05, 3.63) is 58.4 Å². The number of nitrogens with one attached hydrogen (secondary N) is 1. The van der Waals surface area contributed by atoms with E-state index in [-0.39, 0.29) is 5.57 Å². The molecule has 1 N–H and O–H groups in total. The van der Waals surface area contributed by atoms with E-state index in [9.17, 15) is 10.1 Å². The van der Waals surface area contributed by atoms with Crippen LogP contribution >= 0.6 is 22.7 Å². The van der Waals surface area contributed by atoms with Crippen LogP contribution < -0.4 is 10.1 Å². The molecule has 2 aromatic heterocycles. The molecule has 7 heteroatoms. The summed E-state index contributed by atoms with van der Waals surface area (Å²) in [5, 5.41) is 16.8. The highest BCUT2D eigenvalue weighted by atomic mass is 32.1. The average molecular weight is 381 g/mol. The zero-order chi connectivity index (χ0) is 18.4. The Balaban J connectivity index is 1.79. The summed E-state index contributed by atoms with van der Waals surface area (Å²) < 4.78 is 5.49. The maximum Gasteiger partial charge on any atom is 0.266 e. The van der Waals surface area contributed by atoms with Gasteiger partial charge in [0, 0.05) is 5.38 Å². The van der Waals surface area contributed by atoms with Gasteiger partial charge in [-0.05, 0) is 36.6 Å². The van der Waals surface area contributed by atoms with Crippen molar-refractivity contribution in [3.63, 3.8) is 0 Å². The maximum absolute atomic E-state index is 12.5. The fraction of sp³-hybridized carbons (Fsp3) is 0.105. The second kappa shape index (κ2) is 8.43. The summed E-state index contributed by atoms with van der Waals surface area (Å²) in [6.07, 6.45) is 1.49. The normalized spacial score (nSPS) is 11.0. The standard InChI is InChI=1S/C19H15N3O2S2/c1-2-24-16-7-4-3-6-15(16)22-18(23)13(11-20)10-14-12-26-19(21-14)17-8-5-9-25-17/h3-10,12H,2H2,1H3,(H,22,23). The molecular weight excluding hydrogens is 366 g/mol. The van der Waals surface area contributed by atoms with Crippen LogP contribution in [0.2, 0.25) is 0 Å². The molecule has 0 aliphatic carbocycles. The van der Waals surface area contributed by atoms with E-state index in [0.717, 1.165) is 9.88 Å². The van der Waals surface area contributed by atoms with Crippen LogP contribution in [-0.2, 0) is 4.79 Å². The molecule has 3 rings (SSSR count). The molecule has 1 aromatic carbocycles. The third-order valence-electron chi connectivity index (χ3n) is 3.35. The number of nitriles is 1. The summed E-state index contributed by atoms with van der Waals surface area (Å²) in [7, 11) is 0. The number of nitrogens with zero attached hydrogens (tertiary/aromatic N) is 2. The molecule has 0 saturated heterocycles. The third kappa shape index (κ3) is 4.17. The van der Waals surface area contributed by atoms with Gasteiger partial charge in [-0.1, -0.05) is 18.2 Å². The second-order valence-corrected chi connectivity index (χ2v) is 6.91. The van der Waals surface area contributed by atoms with Crippen molar-refractivity contribution in [2.75, 3.05) is 11.9 Å². The first kappa shape index (κ1) is 17.9. The van der Waals surface area contributed by atoms with Gasteiger partial charge in [0.1, 0.15) is 22.4 Å². The highest BCUT2D eigenvalue weighted by Crippen LogP contribution is 2.29. The number of carbonyl (C=O) groups is 1. The van der Waals surface area contributed by atoms with Crippen molar-refractivity contribution in [2.45, 2.75) is 6.92 Å². The molecule has 0 radical (unpaired) electrons. The van der Waals surface area contributed by atoms with Gasteiger partial charge >= 0.3 is 0 Å². The second-order valence-electron chi connectivity index (χ2n) is 5.11. The van der Waals surface area contributed by atoms with Crippen molar-refractivity contribution < 1.29 is 9.53 Å². The van der Waals surface area contributed by atoms with E-state index >= 15 is 0 Å². The van der Waals surface area contributed by atoms with E-state index in [2.05, 4.69) is 10.3 Å². The first-order valence-corrected chi connectivity index (χ1v) is 9.61. The Morgan fingerprint density at radius 3 is 2.88 bits per heavy atom. The number of hydrogen-bond acceptors (Lipinski definition) is 6. The summed E-state index contributed by atoms with van der Waals surface area (Å²) in [4.78, 5) is 18.0. The summed E-state index contributed by atoms with van der Waals surface area (Å²) in [6, 6.07) is 13.0. The van der Waals surface area contributed by atoms with Crippen LogP contribution in [0, 0.1) is 11.3 Å². The molecule has 0 bridgehead atoms. The van der Waals surface area contributed by atoms with E-state index in [0.29, 0.717) is 23.7 Å². The molecule has 0 aliphatic rings. The summed E-state index contributed by atoms with van der Waals surface area (Å²) >= 11 is 3.08. The van der Waals surface area contributed by atoms with Crippen LogP contribution in [0.4, 0.5) is 5.69 Å². The van der Waals surface area contributed by atoms with Gasteiger partial charge in [0.05, 0.1) is 22.9 Å². The van der Waals surface area contributed by atoms with Gasteiger partial charge < -0.3 is 10.1 Å². The van der Waals surface area contributed by atoms with Crippen molar-refractivity contribution in [1.29, 1.82) is 5.26 Å². The molecule has 1 amide bonds. The third-order valence-corrected chi connectivity index (χ3v) is 5.25.